The molecule has 27 heavy (non-hydrogen) atoms. The van der Waals surface area contributed by atoms with Crippen LogP contribution >= 0.6 is 11.8 Å². The fourth-order valence-electron chi connectivity index (χ4n) is 5.42. The number of aliphatic hydroxyl groups excluding tert-OH is 1. The summed E-state index contributed by atoms with van der Waals surface area (Å²) in [7, 11) is 0. The van der Waals surface area contributed by atoms with Gasteiger partial charge in [-0.2, -0.15) is 11.8 Å². The quantitative estimate of drug-likeness (QED) is 0.459. The van der Waals surface area contributed by atoms with Crippen LogP contribution in [0.4, 0.5) is 0 Å². The van der Waals surface area contributed by atoms with Crippen molar-refractivity contribution in [1.29, 1.82) is 0 Å². The summed E-state index contributed by atoms with van der Waals surface area (Å²) >= 11 is 2.08. The van der Waals surface area contributed by atoms with Crippen LogP contribution in [0, 0.1) is 11.3 Å². The Balaban J connectivity index is 1.39. The molecule has 1 N–H and O–H groups in total. The third-order valence-electron chi connectivity index (χ3n) is 7.60. The SMILES string of the molecule is CCC1(CSCC2=CCC3/C(=C/C=C4/CCC[C@H](O)C4)CCCC23C)CO1. The number of rotatable bonds is 6. The van der Waals surface area contributed by atoms with Crippen molar-refractivity contribution in [3.63, 3.8) is 0 Å². The molecule has 2 nitrogen and oxygen atoms in total. The van der Waals surface area contributed by atoms with Crippen LogP contribution in [0.3, 0.4) is 0 Å². The number of allylic oxidation sites excluding steroid dienone is 4. The first-order valence-electron chi connectivity index (χ1n) is 11.0. The molecule has 4 aliphatic rings. The number of fused-ring (bicyclic) bond motifs is 1. The zero-order valence-corrected chi connectivity index (χ0v) is 18.0. The number of thioether (sulfide) groups is 1. The van der Waals surface area contributed by atoms with E-state index in [9.17, 15) is 5.11 Å². The summed E-state index contributed by atoms with van der Waals surface area (Å²) in [5.74, 6) is 3.03. The second-order valence-corrected chi connectivity index (χ2v) is 10.4. The van der Waals surface area contributed by atoms with Crippen LogP contribution in [0.15, 0.2) is 34.9 Å². The molecule has 0 aromatic rings. The zero-order chi connectivity index (χ0) is 18.9. The Hall–Kier alpha value is -0.510. The predicted molar refractivity (Wildman–Crippen MR) is 115 cm³/mol. The van der Waals surface area contributed by atoms with Gasteiger partial charge in [-0.05, 0) is 69.1 Å². The molecule has 1 saturated heterocycles. The summed E-state index contributed by atoms with van der Waals surface area (Å²) in [6, 6.07) is 0. The van der Waals surface area contributed by atoms with Crippen molar-refractivity contribution in [3.05, 3.63) is 34.9 Å². The molecule has 4 atom stereocenters. The van der Waals surface area contributed by atoms with Crippen LogP contribution in [-0.2, 0) is 4.74 Å². The van der Waals surface area contributed by atoms with E-state index in [4.69, 9.17) is 4.74 Å². The van der Waals surface area contributed by atoms with E-state index in [-0.39, 0.29) is 11.7 Å². The first-order valence-corrected chi connectivity index (χ1v) is 12.2. The van der Waals surface area contributed by atoms with Crippen molar-refractivity contribution < 1.29 is 9.84 Å². The van der Waals surface area contributed by atoms with E-state index in [2.05, 4.69) is 43.8 Å². The van der Waals surface area contributed by atoms with E-state index in [0.717, 1.165) is 38.0 Å². The second kappa shape index (κ2) is 8.08. The van der Waals surface area contributed by atoms with Crippen LogP contribution < -0.4 is 0 Å². The van der Waals surface area contributed by atoms with E-state index in [0.29, 0.717) is 11.3 Å². The zero-order valence-electron chi connectivity index (χ0n) is 17.1. The van der Waals surface area contributed by atoms with Gasteiger partial charge in [0.05, 0.1) is 12.7 Å². The molecule has 3 unspecified atom stereocenters. The van der Waals surface area contributed by atoms with Crippen molar-refractivity contribution >= 4 is 11.8 Å². The molecule has 0 radical (unpaired) electrons. The van der Waals surface area contributed by atoms with Gasteiger partial charge >= 0.3 is 0 Å². The Morgan fingerprint density at radius 3 is 2.89 bits per heavy atom. The maximum absolute atomic E-state index is 9.92. The molecular formula is C24H36O2S. The molecule has 2 saturated carbocycles. The van der Waals surface area contributed by atoms with Gasteiger partial charge < -0.3 is 9.84 Å². The third kappa shape index (κ3) is 4.26. The van der Waals surface area contributed by atoms with Gasteiger partial charge in [0.15, 0.2) is 0 Å². The average Bonchev–Trinajstić information content (AvgIpc) is 3.36. The minimum Gasteiger partial charge on any atom is -0.393 e. The minimum atomic E-state index is -0.112. The Kier molecular flexibility index (Phi) is 5.92. The van der Waals surface area contributed by atoms with Crippen molar-refractivity contribution in [2.45, 2.75) is 83.3 Å². The normalized spacial score (nSPS) is 41.7. The molecule has 0 bridgehead atoms. The third-order valence-corrected chi connectivity index (χ3v) is 8.84. The summed E-state index contributed by atoms with van der Waals surface area (Å²) in [6.07, 6.45) is 17.7. The van der Waals surface area contributed by atoms with E-state index < -0.39 is 0 Å². The monoisotopic (exact) mass is 388 g/mol. The smallest absolute Gasteiger partial charge is 0.100 e. The van der Waals surface area contributed by atoms with Crippen molar-refractivity contribution in [2.24, 2.45) is 11.3 Å². The van der Waals surface area contributed by atoms with Gasteiger partial charge in [-0.3, -0.25) is 0 Å². The van der Waals surface area contributed by atoms with Gasteiger partial charge in [-0.1, -0.05) is 48.8 Å². The van der Waals surface area contributed by atoms with Crippen LogP contribution in [0.5, 0.6) is 0 Å². The highest BCUT2D eigenvalue weighted by molar-refractivity contribution is 7.99. The highest BCUT2D eigenvalue weighted by Crippen LogP contribution is 2.55. The summed E-state index contributed by atoms with van der Waals surface area (Å²) in [5, 5.41) is 9.92. The summed E-state index contributed by atoms with van der Waals surface area (Å²) in [5.41, 5.74) is 5.37. The minimum absolute atomic E-state index is 0.112. The Morgan fingerprint density at radius 1 is 1.30 bits per heavy atom. The van der Waals surface area contributed by atoms with Gasteiger partial charge in [0.1, 0.15) is 5.60 Å². The lowest BCUT2D eigenvalue weighted by atomic mass is 9.64. The predicted octanol–water partition coefficient (Wildman–Crippen LogP) is 5.82. The largest absolute Gasteiger partial charge is 0.393 e. The highest BCUT2D eigenvalue weighted by Gasteiger charge is 2.46. The Bertz CT molecular complexity index is 643. The lowest BCUT2D eigenvalue weighted by Crippen LogP contribution is -2.31. The molecule has 3 fully saturated rings. The van der Waals surface area contributed by atoms with E-state index >= 15 is 0 Å². The molecule has 3 heteroatoms. The van der Waals surface area contributed by atoms with E-state index in [1.54, 1.807) is 11.1 Å². The van der Waals surface area contributed by atoms with E-state index in [1.165, 1.54) is 43.4 Å². The van der Waals surface area contributed by atoms with Gasteiger partial charge in [-0.15, -0.1) is 0 Å². The van der Waals surface area contributed by atoms with Crippen LogP contribution in [0.1, 0.15) is 71.6 Å². The summed E-state index contributed by atoms with van der Waals surface area (Å²) in [6.45, 7) is 5.73. The van der Waals surface area contributed by atoms with Crippen molar-refractivity contribution in [2.75, 3.05) is 18.1 Å². The molecule has 0 aromatic heterocycles. The van der Waals surface area contributed by atoms with Crippen LogP contribution in [0.2, 0.25) is 0 Å². The fraction of sp³-hybridized carbons (Fsp3) is 0.750. The molecule has 3 aliphatic carbocycles. The van der Waals surface area contributed by atoms with Gasteiger partial charge in [0, 0.05) is 11.5 Å². The lowest BCUT2D eigenvalue weighted by Gasteiger charge is -2.41. The fourth-order valence-corrected chi connectivity index (χ4v) is 6.93. The van der Waals surface area contributed by atoms with Gasteiger partial charge in [-0.25, -0.2) is 0 Å². The molecule has 1 aliphatic heterocycles. The topological polar surface area (TPSA) is 32.8 Å². The van der Waals surface area contributed by atoms with Gasteiger partial charge in [0.2, 0.25) is 0 Å². The maximum Gasteiger partial charge on any atom is 0.100 e. The van der Waals surface area contributed by atoms with Crippen LogP contribution in [-0.4, -0.2) is 34.9 Å². The standard InChI is InChI=1S/C24H36O2S/c1-3-24(16-26-24)17-27-15-20-11-12-22-19(7-5-13-23(20,22)2)10-9-18-6-4-8-21(25)14-18/h9-11,21-22,25H,3-8,12-17H2,1-2H3/b18-9-,19-10+/t21-,22?,23?,24?/m0/s1. The van der Waals surface area contributed by atoms with Gasteiger partial charge in [0.25, 0.3) is 0 Å². The molecule has 150 valence electrons. The maximum atomic E-state index is 9.92. The molecule has 0 aromatic carbocycles. The van der Waals surface area contributed by atoms with Crippen LogP contribution in [0.25, 0.3) is 0 Å². The second-order valence-electron chi connectivity index (χ2n) is 9.42. The molecule has 1 heterocycles. The Morgan fingerprint density at radius 2 is 2.15 bits per heavy atom. The number of aliphatic hydroxyl groups is 1. The summed E-state index contributed by atoms with van der Waals surface area (Å²) < 4.78 is 5.68. The first-order chi connectivity index (χ1) is 13.0. The Labute approximate surface area is 169 Å². The molecule has 0 spiro atoms. The lowest BCUT2D eigenvalue weighted by molar-refractivity contribution is 0.149. The number of ether oxygens (including phenoxy) is 1. The van der Waals surface area contributed by atoms with Crippen molar-refractivity contribution in [3.8, 4) is 0 Å². The number of hydrogen-bond acceptors (Lipinski definition) is 3. The number of epoxide rings is 1. The van der Waals surface area contributed by atoms with E-state index in [1.807, 2.05) is 0 Å². The first kappa shape index (κ1) is 19.8. The number of hydrogen-bond donors (Lipinski definition) is 1. The molecular weight excluding hydrogens is 352 g/mol. The summed E-state index contributed by atoms with van der Waals surface area (Å²) in [4.78, 5) is 0. The molecule has 0 amide bonds. The highest BCUT2D eigenvalue weighted by atomic mass is 32.2. The van der Waals surface area contributed by atoms with Crippen molar-refractivity contribution in [1.82, 2.24) is 0 Å². The molecule has 4 rings (SSSR count). The average molecular weight is 389 g/mol.